The Kier molecular flexibility index (Phi) is 26.3. The molecule has 0 aromatic heterocycles. The van der Waals surface area contributed by atoms with Gasteiger partial charge in [-0.2, -0.15) is 0 Å². The first-order chi connectivity index (χ1) is 18.8. The highest BCUT2D eigenvalue weighted by Crippen LogP contribution is 2.29. The van der Waals surface area contributed by atoms with Crippen molar-refractivity contribution in [2.45, 2.75) is 186 Å². The number of hydrogen-bond acceptors (Lipinski definition) is 5. The first-order valence-electron chi connectivity index (χ1n) is 16.7. The fourth-order valence-electron chi connectivity index (χ4n) is 5.35. The lowest BCUT2D eigenvalue weighted by molar-refractivity contribution is -0.147. The quantitative estimate of drug-likeness (QED) is 0.0456. The second kappa shape index (κ2) is 26.5. The number of carbonyl (C=O) groups is 2. The molecular formula is C33H65O5P. The standard InChI is InChI=1S/C33H65O5P/c1-3-5-7-9-11-13-15-17-18-20-22-24-26-29(32(37)33(38,39)31(36)28-34)30(35)27-25-23-21-19-16-14-12-10-8-6-4-2/h29,31,34,36,38H,3-28,39H2,1-2H3. The lowest BCUT2D eigenvalue weighted by Crippen LogP contribution is -2.50. The van der Waals surface area contributed by atoms with Crippen molar-refractivity contribution in [3.05, 3.63) is 0 Å². The van der Waals surface area contributed by atoms with E-state index in [0.29, 0.717) is 12.8 Å². The molecule has 0 saturated heterocycles. The van der Waals surface area contributed by atoms with E-state index in [2.05, 4.69) is 13.8 Å². The molecule has 0 aliphatic rings. The van der Waals surface area contributed by atoms with E-state index in [0.717, 1.165) is 38.5 Å². The predicted octanol–water partition coefficient (Wildman–Crippen LogP) is 8.45. The van der Waals surface area contributed by atoms with Crippen molar-refractivity contribution < 1.29 is 24.9 Å². The lowest BCUT2D eigenvalue weighted by Gasteiger charge is -2.29. The molecule has 0 aromatic carbocycles. The van der Waals surface area contributed by atoms with Gasteiger partial charge in [0.2, 0.25) is 0 Å². The monoisotopic (exact) mass is 572 g/mol. The number of aliphatic hydroxyl groups is 3. The average Bonchev–Trinajstić information content (AvgIpc) is 2.93. The van der Waals surface area contributed by atoms with Crippen LogP contribution in [0, 0.1) is 5.92 Å². The van der Waals surface area contributed by atoms with Gasteiger partial charge < -0.3 is 15.3 Å². The summed E-state index contributed by atoms with van der Waals surface area (Å²) in [6.07, 6.45) is 26.8. The first kappa shape index (κ1) is 38.6. The zero-order valence-corrected chi connectivity index (χ0v) is 26.9. The molecule has 0 spiro atoms. The van der Waals surface area contributed by atoms with E-state index in [1.807, 2.05) is 9.24 Å². The predicted molar refractivity (Wildman–Crippen MR) is 168 cm³/mol. The molecule has 0 fully saturated rings. The lowest BCUT2D eigenvalue weighted by atomic mass is 9.85. The minimum Gasteiger partial charge on any atom is -0.394 e. The SMILES string of the molecule is CCCCCCCCCCCCCCC(C(=O)CCCCCCCCCCCCC)C(=O)C(O)(P)C(O)CO. The van der Waals surface area contributed by atoms with Gasteiger partial charge in [-0.25, -0.2) is 0 Å². The van der Waals surface area contributed by atoms with Gasteiger partial charge in [0.25, 0.3) is 0 Å². The third kappa shape index (κ3) is 20.2. The highest BCUT2D eigenvalue weighted by molar-refractivity contribution is 7.20. The van der Waals surface area contributed by atoms with Crippen molar-refractivity contribution >= 4 is 20.8 Å². The van der Waals surface area contributed by atoms with Gasteiger partial charge in [0.15, 0.2) is 11.1 Å². The van der Waals surface area contributed by atoms with Crippen molar-refractivity contribution in [1.82, 2.24) is 0 Å². The Balaban J connectivity index is 4.35. The Labute approximate surface area is 243 Å². The van der Waals surface area contributed by atoms with E-state index in [1.165, 1.54) is 109 Å². The van der Waals surface area contributed by atoms with Gasteiger partial charge in [0.05, 0.1) is 12.5 Å². The molecule has 0 rings (SSSR count). The second-order valence-corrected chi connectivity index (χ2v) is 12.8. The number of unbranched alkanes of at least 4 members (excludes halogenated alkanes) is 21. The number of Topliss-reactive ketones (excluding diaryl/α,β-unsaturated/α-hetero) is 2. The number of aliphatic hydroxyl groups excluding tert-OH is 2. The molecule has 0 heterocycles. The van der Waals surface area contributed by atoms with Gasteiger partial charge in [0, 0.05) is 6.42 Å². The minimum atomic E-state index is -2.19. The molecule has 39 heavy (non-hydrogen) atoms. The Hall–Kier alpha value is -0.350. The van der Waals surface area contributed by atoms with Gasteiger partial charge in [-0.3, -0.25) is 9.59 Å². The summed E-state index contributed by atoms with van der Waals surface area (Å²) in [5.41, 5.74) is 0. The van der Waals surface area contributed by atoms with Crippen LogP contribution in [0.2, 0.25) is 0 Å². The number of hydrogen-bond donors (Lipinski definition) is 3. The maximum Gasteiger partial charge on any atom is 0.181 e. The molecule has 0 bridgehead atoms. The summed E-state index contributed by atoms with van der Waals surface area (Å²) in [4.78, 5) is 26.1. The summed E-state index contributed by atoms with van der Waals surface area (Å²) >= 11 is 0. The summed E-state index contributed by atoms with van der Waals surface area (Å²) < 4.78 is 0. The molecule has 5 nitrogen and oxygen atoms in total. The van der Waals surface area contributed by atoms with Crippen LogP contribution in [0.4, 0.5) is 0 Å². The van der Waals surface area contributed by atoms with Crippen molar-refractivity contribution in [3.63, 3.8) is 0 Å². The maximum absolute atomic E-state index is 13.1. The smallest absolute Gasteiger partial charge is 0.181 e. The van der Waals surface area contributed by atoms with Gasteiger partial charge in [-0.05, 0) is 12.8 Å². The van der Waals surface area contributed by atoms with E-state index in [9.17, 15) is 24.9 Å². The third-order valence-corrected chi connectivity index (χ3v) is 8.82. The zero-order chi connectivity index (χ0) is 29.2. The van der Waals surface area contributed by atoms with E-state index in [-0.39, 0.29) is 5.78 Å². The molecule has 232 valence electrons. The van der Waals surface area contributed by atoms with Crippen LogP contribution >= 0.6 is 9.24 Å². The topological polar surface area (TPSA) is 94.8 Å². The van der Waals surface area contributed by atoms with Crippen LogP contribution in [0.5, 0.6) is 0 Å². The molecule has 0 radical (unpaired) electrons. The van der Waals surface area contributed by atoms with Crippen LogP contribution in [-0.2, 0) is 9.59 Å². The van der Waals surface area contributed by atoms with Gasteiger partial charge in [0.1, 0.15) is 11.9 Å². The van der Waals surface area contributed by atoms with Crippen molar-refractivity contribution in [2.24, 2.45) is 5.92 Å². The Morgan fingerprint density at radius 1 is 0.615 bits per heavy atom. The Morgan fingerprint density at radius 2 is 0.949 bits per heavy atom. The molecule has 4 atom stereocenters. The number of ketones is 2. The highest BCUT2D eigenvalue weighted by Gasteiger charge is 2.43. The van der Waals surface area contributed by atoms with Crippen LogP contribution in [0.25, 0.3) is 0 Å². The van der Waals surface area contributed by atoms with Gasteiger partial charge >= 0.3 is 0 Å². The molecular weight excluding hydrogens is 507 g/mol. The number of rotatable bonds is 30. The van der Waals surface area contributed by atoms with Crippen LogP contribution in [0.1, 0.15) is 174 Å². The van der Waals surface area contributed by atoms with E-state index >= 15 is 0 Å². The molecule has 0 saturated carbocycles. The van der Waals surface area contributed by atoms with Crippen LogP contribution in [0.15, 0.2) is 0 Å². The second-order valence-electron chi connectivity index (χ2n) is 11.9. The van der Waals surface area contributed by atoms with E-state index in [1.54, 1.807) is 0 Å². The molecule has 4 unspecified atom stereocenters. The molecule has 0 aliphatic carbocycles. The van der Waals surface area contributed by atoms with E-state index in [4.69, 9.17) is 0 Å². The molecule has 3 N–H and O–H groups in total. The maximum atomic E-state index is 13.1. The fraction of sp³-hybridized carbons (Fsp3) is 0.939. The van der Waals surface area contributed by atoms with E-state index < -0.39 is 29.8 Å². The molecule has 0 aromatic rings. The highest BCUT2D eigenvalue weighted by atomic mass is 31.0. The average molecular weight is 573 g/mol. The summed E-state index contributed by atoms with van der Waals surface area (Å²) in [7, 11) is 1.97. The van der Waals surface area contributed by atoms with Crippen LogP contribution in [-0.4, -0.2) is 44.9 Å². The van der Waals surface area contributed by atoms with Crippen molar-refractivity contribution in [2.75, 3.05) is 6.61 Å². The molecule has 0 amide bonds. The van der Waals surface area contributed by atoms with Crippen LogP contribution in [0.3, 0.4) is 0 Å². The Bertz CT molecular complexity index is 580. The summed E-state index contributed by atoms with van der Waals surface area (Å²) in [5, 5.41) is 27.6. The summed E-state index contributed by atoms with van der Waals surface area (Å²) in [6, 6.07) is 0. The fourth-order valence-corrected chi connectivity index (χ4v) is 5.65. The number of carbonyl (C=O) groups excluding carboxylic acids is 2. The van der Waals surface area contributed by atoms with Crippen LogP contribution < -0.4 is 0 Å². The normalized spacial score (nSPS) is 14.7. The Morgan fingerprint density at radius 3 is 1.31 bits per heavy atom. The molecule has 0 aliphatic heterocycles. The molecule has 6 heteroatoms. The van der Waals surface area contributed by atoms with Gasteiger partial charge in [-0.15, -0.1) is 0 Å². The minimum absolute atomic E-state index is 0.134. The van der Waals surface area contributed by atoms with Crippen molar-refractivity contribution in [3.8, 4) is 0 Å². The third-order valence-electron chi connectivity index (χ3n) is 8.15. The zero-order valence-electron chi connectivity index (χ0n) is 25.8. The van der Waals surface area contributed by atoms with Gasteiger partial charge in [-0.1, -0.05) is 164 Å². The largest absolute Gasteiger partial charge is 0.394 e. The first-order valence-corrected chi connectivity index (χ1v) is 17.3. The summed E-state index contributed by atoms with van der Waals surface area (Å²) in [6.45, 7) is 3.75. The summed E-state index contributed by atoms with van der Waals surface area (Å²) in [5.74, 6) is -1.73. The van der Waals surface area contributed by atoms with Crippen molar-refractivity contribution in [1.29, 1.82) is 0 Å².